The zero-order valence-electron chi connectivity index (χ0n) is 7.77. The molecule has 2 N–H and O–H groups in total. The zero-order chi connectivity index (χ0) is 9.97. The van der Waals surface area contributed by atoms with Crippen molar-refractivity contribution < 1.29 is 9.53 Å². The summed E-state index contributed by atoms with van der Waals surface area (Å²) in [5, 5.41) is 0. The lowest BCUT2D eigenvalue weighted by atomic mass is 10.3. The van der Waals surface area contributed by atoms with Crippen LogP contribution in [0.5, 0.6) is 5.75 Å². The Balaban J connectivity index is 2.01. The second-order valence-corrected chi connectivity index (χ2v) is 3.53. The van der Waals surface area contributed by atoms with Crippen molar-refractivity contribution in [2.75, 3.05) is 6.61 Å². The average Bonchev–Trinajstić information content (AvgIpc) is 2.99. The number of carbonyl (C=O) groups is 1. The number of carbonyl (C=O) groups excluding carboxylic acids is 1. The maximum atomic E-state index is 10.8. The molecule has 4 nitrogen and oxygen atoms in total. The van der Waals surface area contributed by atoms with Gasteiger partial charge in [0.2, 0.25) is 5.91 Å². The fourth-order valence-corrected chi connectivity index (χ4v) is 1.13. The second kappa shape index (κ2) is 3.65. The van der Waals surface area contributed by atoms with E-state index in [4.69, 9.17) is 10.5 Å². The lowest BCUT2D eigenvalue weighted by Gasteiger charge is -2.04. The molecular weight excluding hydrogens is 180 g/mol. The number of nitrogens with two attached hydrogens (primary N) is 1. The molecule has 0 spiro atoms. The summed E-state index contributed by atoms with van der Waals surface area (Å²) < 4.78 is 5.45. The van der Waals surface area contributed by atoms with Crippen LogP contribution >= 0.6 is 0 Å². The molecule has 1 aliphatic carbocycles. The standard InChI is InChI=1S/C10H12N2O2/c11-10(13)8-3-9(5-12-4-8)14-6-7-1-2-7/h3-5,7H,1-2,6H2,(H2,11,13). The van der Waals surface area contributed by atoms with Gasteiger partial charge in [-0.25, -0.2) is 0 Å². The van der Waals surface area contributed by atoms with E-state index >= 15 is 0 Å². The van der Waals surface area contributed by atoms with E-state index in [1.165, 1.54) is 19.0 Å². The quantitative estimate of drug-likeness (QED) is 0.773. The zero-order valence-corrected chi connectivity index (χ0v) is 7.77. The highest BCUT2D eigenvalue weighted by Gasteiger charge is 2.21. The minimum absolute atomic E-state index is 0.387. The van der Waals surface area contributed by atoms with E-state index in [0.717, 1.165) is 0 Å². The normalized spacial score (nSPS) is 15.1. The van der Waals surface area contributed by atoms with Crippen LogP contribution in [-0.2, 0) is 0 Å². The Morgan fingerprint density at radius 3 is 3.00 bits per heavy atom. The Morgan fingerprint density at radius 2 is 2.36 bits per heavy atom. The Kier molecular flexibility index (Phi) is 2.35. The molecule has 0 aliphatic heterocycles. The van der Waals surface area contributed by atoms with Crippen molar-refractivity contribution in [2.24, 2.45) is 11.7 Å². The molecule has 1 fully saturated rings. The van der Waals surface area contributed by atoms with Crippen molar-refractivity contribution in [1.29, 1.82) is 0 Å². The third-order valence-corrected chi connectivity index (χ3v) is 2.18. The number of pyridine rings is 1. The lowest BCUT2D eigenvalue weighted by Crippen LogP contribution is -2.11. The lowest BCUT2D eigenvalue weighted by molar-refractivity contribution is 0.0999. The summed E-state index contributed by atoms with van der Waals surface area (Å²) in [5.41, 5.74) is 5.50. The molecule has 1 heterocycles. The highest BCUT2D eigenvalue weighted by Crippen LogP contribution is 2.29. The highest BCUT2D eigenvalue weighted by molar-refractivity contribution is 5.92. The molecule has 1 amide bonds. The van der Waals surface area contributed by atoms with E-state index in [-0.39, 0.29) is 0 Å². The van der Waals surface area contributed by atoms with Gasteiger partial charge in [0.1, 0.15) is 5.75 Å². The van der Waals surface area contributed by atoms with Gasteiger partial charge in [0, 0.05) is 6.20 Å². The molecule has 0 atom stereocenters. The molecule has 1 aromatic rings. The van der Waals surface area contributed by atoms with Crippen molar-refractivity contribution in [3.05, 3.63) is 24.0 Å². The number of ether oxygens (including phenoxy) is 1. The number of amides is 1. The van der Waals surface area contributed by atoms with E-state index in [2.05, 4.69) is 4.98 Å². The Labute approximate surface area is 82.1 Å². The SMILES string of the molecule is NC(=O)c1cncc(OCC2CC2)c1. The second-order valence-electron chi connectivity index (χ2n) is 3.53. The fraction of sp³-hybridized carbons (Fsp3) is 0.400. The van der Waals surface area contributed by atoms with E-state index in [1.54, 1.807) is 12.3 Å². The van der Waals surface area contributed by atoms with E-state index in [0.29, 0.717) is 23.8 Å². The molecule has 0 aromatic carbocycles. The Hall–Kier alpha value is -1.58. The van der Waals surface area contributed by atoms with Crippen molar-refractivity contribution in [3.8, 4) is 5.75 Å². The third-order valence-electron chi connectivity index (χ3n) is 2.18. The largest absolute Gasteiger partial charge is 0.492 e. The van der Waals surface area contributed by atoms with Crippen molar-refractivity contribution >= 4 is 5.91 Å². The van der Waals surface area contributed by atoms with Gasteiger partial charge in [0.15, 0.2) is 0 Å². The molecule has 0 saturated heterocycles. The van der Waals surface area contributed by atoms with Crippen LogP contribution in [0.4, 0.5) is 0 Å². The topological polar surface area (TPSA) is 65.2 Å². The predicted octanol–water partition coefficient (Wildman–Crippen LogP) is 0.969. The van der Waals surface area contributed by atoms with Crippen LogP contribution in [0.2, 0.25) is 0 Å². The predicted molar refractivity (Wildman–Crippen MR) is 51.0 cm³/mol. The van der Waals surface area contributed by atoms with Gasteiger partial charge in [-0.15, -0.1) is 0 Å². The molecule has 1 saturated carbocycles. The van der Waals surface area contributed by atoms with Crippen LogP contribution in [0.15, 0.2) is 18.5 Å². The summed E-state index contributed by atoms with van der Waals surface area (Å²) in [7, 11) is 0. The number of primary amides is 1. The molecule has 1 aliphatic rings. The van der Waals surface area contributed by atoms with E-state index in [9.17, 15) is 4.79 Å². The van der Waals surface area contributed by atoms with Crippen LogP contribution < -0.4 is 10.5 Å². The van der Waals surface area contributed by atoms with Gasteiger partial charge in [-0.05, 0) is 24.8 Å². The molecule has 1 aromatic heterocycles. The number of hydrogen-bond acceptors (Lipinski definition) is 3. The van der Waals surface area contributed by atoms with Gasteiger partial charge in [0.25, 0.3) is 0 Å². The van der Waals surface area contributed by atoms with Crippen molar-refractivity contribution in [2.45, 2.75) is 12.8 Å². The third kappa shape index (κ3) is 2.22. The summed E-state index contributed by atoms with van der Waals surface area (Å²) in [6, 6.07) is 1.62. The Bertz CT molecular complexity index is 348. The minimum atomic E-state index is -0.477. The fourth-order valence-electron chi connectivity index (χ4n) is 1.13. The van der Waals surface area contributed by atoms with E-state index < -0.39 is 5.91 Å². The summed E-state index contributed by atoms with van der Waals surface area (Å²) in [6.45, 7) is 0.712. The maximum Gasteiger partial charge on any atom is 0.250 e. The van der Waals surface area contributed by atoms with Gasteiger partial charge in [-0.2, -0.15) is 0 Å². The van der Waals surface area contributed by atoms with Crippen LogP contribution in [0.25, 0.3) is 0 Å². The van der Waals surface area contributed by atoms with Gasteiger partial charge in [0.05, 0.1) is 18.4 Å². The van der Waals surface area contributed by atoms with Crippen LogP contribution in [0.3, 0.4) is 0 Å². The van der Waals surface area contributed by atoms with Crippen LogP contribution in [0, 0.1) is 5.92 Å². The van der Waals surface area contributed by atoms with Gasteiger partial charge in [-0.3, -0.25) is 9.78 Å². The summed E-state index contributed by atoms with van der Waals surface area (Å²) in [4.78, 5) is 14.7. The van der Waals surface area contributed by atoms with Gasteiger partial charge in [-0.1, -0.05) is 0 Å². The minimum Gasteiger partial charge on any atom is -0.492 e. The molecule has 74 valence electrons. The molecule has 0 bridgehead atoms. The average molecular weight is 192 g/mol. The number of aromatic nitrogens is 1. The Morgan fingerprint density at radius 1 is 1.57 bits per heavy atom. The van der Waals surface area contributed by atoms with Crippen molar-refractivity contribution in [3.63, 3.8) is 0 Å². The molecular formula is C10H12N2O2. The highest BCUT2D eigenvalue weighted by atomic mass is 16.5. The smallest absolute Gasteiger partial charge is 0.250 e. The van der Waals surface area contributed by atoms with Crippen LogP contribution in [-0.4, -0.2) is 17.5 Å². The van der Waals surface area contributed by atoms with Crippen molar-refractivity contribution in [1.82, 2.24) is 4.98 Å². The summed E-state index contributed by atoms with van der Waals surface area (Å²) >= 11 is 0. The number of hydrogen-bond donors (Lipinski definition) is 1. The van der Waals surface area contributed by atoms with Gasteiger partial charge >= 0.3 is 0 Å². The summed E-state index contributed by atoms with van der Waals surface area (Å²) in [5.74, 6) is 0.829. The first-order chi connectivity index (χ1) is 6.75. The maximum absolute atomic E-state index is 10.8. The monoisotopic (exact) mass is 192 g/mol. The molecule has 0 radical (unpaired) electrons. The number of nitrogens with zero attached hydrogens (tertiary/aromatic N) is 1. The molecule has 2 rings (SSSR count). The summed E-state index contributed by atoms with van der Waals surface area (Å²) in [6.07, 6.45) is 5.51. The van der Waals surface area contributed by atoms with E-state index in [1.807, 2.05) is 0 Å². The molecule has 4 heteroatoms. The first kappa shape index (κ1) is 8.99. The van der Waals surface area contributed by atoms with Crippen LogP contribution in [0.1, 0.15) is 23.2 Å². The number of rotatable bonds is 4. The first-order valence-corrected chi connectivity index (χ1v) is 4.63. The van der Waals surface area contributed by atoms with Gasteiger partial charge < -0.3 is 10.5 Å². The first-order valence-electron chi connectivity index (χ1n) is 4.63. The molecule has 0 unspecified atom stereocenters. The molecule has 14 heavy (non-hydrogen) atoms.